The molecule has 1 N–H and O–H groups in total. The molecule has 0 aromatic heterocycles. The van der Waals surface area contributed by atoms with E-state index in [9.17, 15) is 4.39 Å². The molecule has 2 rings (SSSR count). The third kappa shape index (κ3) is 3.02. The fourth-order valence-electron chi connectivity index (χ4n) is 1.91. The summed E-state index contributed by atoms with van der Waals surface area (Å²) < 4.78 is 14.1. The Morgan fingerprint density at radius 1 is 1.11 bits per heavy atom. The Kier molecular flexibility index (Phi) is 4.58. The lowest BCUT2D eigenvalue weighted by atomic mass is 10.0. The summed E-state index contributed by atoms with van der Waals surface area (Å²) in [6.07, 6.45) is 0.955. The van der Waals surface area contributed by atoms with E-state index in [1.54, 1.807) is 6.07 Å². The van der Waals surface area contributed by atoms with Crippen LogP contribution in [0.1, 0.15) is 24.9 Å². The highest BCUT2D eigenvalue weighted by atomic mass is 127. The van der Waals surface area contributed by atoms with Gasteiger partial charge in [0.1, 0.15) is 5.82 Å². The number of benzene rings is 2. The molecule has 0 aliphatic heterocycles. The van der Waals surface area contributed by atoms with E-state index in [-0.39, 0.29) is 11.9 Å². The normalized spacial score (nSPS) is 12.2. The molecule has 0 aliphatic carbocycles. The summed E-state index contributed by atoms with van der Waals surface area (Å²) in [7, 11) is 0. The van der Waals surface area contributed by atoms with Gasteiger partial charge in [0.05, 0.1) is 15.3 Å². The first-order valence-corrected chi connectivity index (χ1v) is 7.05. The third-order valence-electron chi connectivity index (χ3n) is 2.89. The molecular weight excluding hydrogens is 340 g/mol. The summed E-state index contributed by atoms with van der Waals surface area (Å²) in [6.45, 7) is 2.12. The molecule has 0 saturated heterocycles. The van der Waals surface area contributed by atoms with Crippen molar-refractivity contribution in [2.75, 3.05) is 5.32 Å². The van der Waals surface area contributed by atoms with Crippen molar-refractivity contribution in [3.8, 4) is 0 Å². The fourth-order valence-corrected chi connectivity index (χ4v) is 2.42. The zero-order valence-electron chi connectivity index (χ0n) is 10.2. The lowest BCUT2D eigenvalue weighted by Crippen LogP contribution is -2.10. The van der Waals surface area contributed by atoms with Crippen molar-refractivity contribution in [1.29, 1.82) is 0 Å². The predicted molar refractivity (Wildman–Crippen MR) is 82.2 cm³/mol. The molecule has 2 aromatic rings. The molecule has 3 heteroatoms. The maximum atomic E-state index is 13.5. The second-order valence-corrected chi connectivity index (χ2v) is 5.20. The highest BCUT2D eigenvalue weighted by Crippen LogP contribution is 2.27. The molecular formula is C15H15FIN. The SMILES string of the molecule is CCC(Nc1cccc(F)c1I)c1ccccc1. The maximum Gasteiger partial charge on any atom is 0.138 e. The minimum Gasteiger partial charge on any atom is -0.377 e. The van der Waals surface area contributed by atoms with Gasteiger partial charge < -0.3 is 5.32 Å². The Labute approximate surface area is 121 Å². The smallest absolute Gasteiger partial charge is 0.138 e. The van der Waals surface area contributed by atoms with Crippen molar-refractivity contribution in [2.45, 2.75) is 19.4 Å². The first-order chi connectivity index (χ1) is 8.72. The van der Waals surface area contributed by atoms with Crippen molar-refractivity contribution >= 4 is 28.3 Å². The van der Waals surface area contributed by atoms with Crippen molar-refractivity contribution in [3.63, 3.8) is 0 Å². The van der Waals surface area contributed by atoms with Crippen LogP contribution in [0, 0.1) is 9.39 Å². The van der Waals surface area contributed by atoms with Crippen LogP contribution in [0.25, 0.3) is 0 Å². The molecule has 0 bridgehead atoms. The van der Waals surface area contributed by atoms with Gasteiger partial charge in [-0.15, -0.1) is 0 Å². The molecule has 0 radical (unpaired) electrons. The number of hydrogen-bond donors (Lipinski definition) is 1. The van der Waals surface area contributed by atoms with Gasteiger partial charge in [-0.25, -0.2) is 4.39 Å². The minimum atomic E-state index is -0.177. The summed E-state index contributed by atoms with van der Waals surface area (Å²) in [5.41, 5.74) is 2.08. The lowest BCUT2D eigenvalue weighted by molar-refractivity contribution is 0.620. The van der Waals surface area contributed by atoms with Gasteiger partial charge in [0.2, 0.25) is 0 Å². The molecule has 1 unspecified atom stereocenters. The molecule has 94 valence electrons. The zero-order valence-corrected chi connectivity index (χ0v) is 12.3. The van der Waals surface area contributed by atoms with Crippen LogP contribution in [0.15, 0.2) is 48.5 Å². The summed E-state index contributed by atoms with van der Waals surface area (Å²) in [4.78, 5) is 0. The number of anilines is 1. The predicted octanol–water partition coefficient (Wildman–Crippen LogP) is 4.99. The standard InChI is InChI=1S/C15H15FIN/c1-2-13(11-7-4-3-5-8-11)18-14-10-6-9-12(16)15(14)17/h3-10,13,18H,2H2,1H3. The van der Waals surface area contributed by atoms with Crippen molar-refractivity contribution in [2.24, 2.45) is 0 Å². The number of nitrogens with one attached hydrogen (secondary N) is 1. The van der Waals surface area contributed by atoms with Crippen LogP contribution < -0.4 is 5.32 Å². The number of hydrogen-bond acceptors (Lipinski definition) is 1. The van der Waals surface area contributed by atoms with Crippen LogP contribution in [0.2, 0.25) is 0 Å². The van der Waals surface area contributed by atoms with E-state index in [2.05, 4.69) is 24.4 Å². The monoisotopic (exact) mass is 355 g/mol. The van der Waals surface area contributed by atoms with E-state index < -0.39 is 0 Å². The van der Waals surface area contributed by atoms with Crippen LogP contribution in [0.3, 0.4) is 0 Å². The lowest BCUT2D eigenvalue weighted by Gasteiger charge is -2.19. The Balaban J connectivity index is 2.24. The molecule has 0 saturated carbocycles. The molecule has 0 heterocycles. The Bertz CT molecular complexity index is 513. The second kappa shape index (κ2) is 6.18. The summed E-state index contributed by atoms with van der Waals surface area (Å²) in [6, 6.07) is 15.6. The molecule has 1 nitrogen and oxygen atoms in total. The van der Waals surface area contributed by atoms with E-state index in [0.29, 0.717) is 3.57 Å². The van der Waals surface area contributed by atoms with Gasteiger partial charge in [-0.2, -0.15) is 0 Å². The van der Waals surface area contributed by atoms with Crippen LogP contribution in [-0.4, -0.2) is 0 Å². The van der Waals surface area contributed by atoms with E-state index in [1.165, 1.54) is 11.6 Å². The van der Waals surface area contributed by atoms with E-state index >= 15 is 0 Å². The van der Waals surface area contributed by atoms with E-state index in [0.717, 1.165) is 12.1 Å². The van der Waals surface area contributed by atoms with Crippen LogP contribution in [0.4, 0.5) is 10.1 Å². The molecule has 0 fully saturated rings. The van der Waals surface area contributed by atoms with Crippen LogP contribution in [0.5, 0.6) is 0 Å². The van der Waals surface area contributed by atoms with Crippen LogP contribution in [-0.2, 0) is 0 Å². The van der Waals surface area contributed by atoms with Gasteiger partial charge >= 0.3 is 0 Å². The second-order valence-electron chi connectivity index (χ2n) is 4.12. The molecule has 18 heavy (non-hydrogen) atoms. The van der Waals surface area contributed by atoms with Gasteiger partial charge in [-0.05, 0) is 46.7 Å². The molecule has 2 aromatic carbocycles. The van der Waals surface area contributed by atoms with E-state index in [4.69, 9.17) is 0 Å². The Hall–Kier alpha value is -1.10. The summed E-state index contributed by atoms with van der Waals surface area (Å²) in [5, 5.41) is 3.41. The minimum absolute atomic E-state index is 0.177. The van der Waals surface area contributed by atoms with Gasteiger partial charge in [-0.3, -0.25) is 0 Å². The van der Waals surface area contributed by atoms with Crippen molar-refractivity contribution < 1.29 is 4.39 Å². The van der Waals surface area contributed by atoms with Gasteiger partial charge in [0, 0.05) is 0 Å². The molecule has 0 spiro atoms. The Morgan fingerprint density at radius 3 is 2.50 bits per heavy atom. The first-order valence-electron chi connectivity index (χ1n) is 5.98. The van der Waals surface area contributed by atoms with E-state index in [1.807, 2.05) is 46.9 Å². The van der Waals surface area contributed by atoms with Gasteiger partial charge in [0.15, 0.2) is 0 Å². The number of rotatable bonds is 4. The van der Waals surface area contributed by atoms with Crippen molar-refractivity contribution in [1.82, 2.24) is 0 Å². The Morgan fingerprint density at radius 2 is 1.83 bits per heavy atom. The molecule has 1 atom stereocenters. The average molecular weight is 355 g/mol. The zero-order chi connectivity index (χ0) is 13.0. The van der Waals surface area contributed by atoms with Crippen molar-refractivity contribution in [3.05, 3.63) is 63.5 Å². The first kappa shape index (κ1) is 13.3. The topological polar surface area (TPSA) is 12.0 Å². The van der Waals surface area contributed by atoms with Gasteiger partial charge in [0.25, 0.3) is 0 Å². The quantitative estimate of drug-likeness (QED) is 0.762. The number of halogens is 2. The van der Waals surface area contributed by atoms with Gasteiger partial charge in [-0.1, -0.05) is 43.3 Å². The summed E-state index contributed by atoms with van der Waals surface area (Å²) >= 11 is 2.04. The highest BCUT2D eigenvalue weighted by Gasteiger charge is 2.11. The highest BCUT2D eigenvalue weighted by molar-refractivity contribution is 14.1. The molecule has 0 aliphatic rings. The summed E-state index contributed by atoms with van der Waals surface area (Å²) in [5.74, 6) is -0.177. The van der Waals surface area contributed by atoms with Crippen LogP contribution >= 0.6 is 22.6 Å². The fraction of sp³-hybridized carbons (Fsp3) is 0.200. The third-order valence-corrected chi connectivity index (χ3v) is 3.99. The molecule has 0 amide bonds. The maximum absolute atomic E-state index is 13.5. The average Bonchev–Trinajstić information content (AvgIpc) is 2.41. The largest absolute Gasteiger partial charge is 0.377 e.